The molecule has 1 rings (SSSR count). The maximum Gasteiger partial charge on any atom is 0.339 e. The van der Waals surface area contributed by atoms with E-state index >= 15 is 0 Å². The van der Waals surface area contributed by atoms with Crippen LogP contribution in [0.5, 0.6) is 0 Å². The van der Waals surface area contributed by atoms with Gasteiger partial charge in [0.1, 0.15) is 0 Å². The molecule has 1 saturated carbocycles. The van der Waals surface area contributed by atoms with E-state index in [4.69, 9.17) is 4.74 Å². The highest BCUT2D eigenvalue weighted by atomic mass is 16.6. The van der Waals surface area contributed by atoms with Crippen LogP contribution in [0.3, 0.4) is 0 Å². The number of hydrogen-bond donors (Lipinski definition) is 1. The molecule has 0 aromatic carbocycles. The second kappa shape index (κ2) is 4.75. The number of rotatable bonds is 4. The van der Waals surface area contributed by atoms with E-state index in [9.17, 15) is 9.90 Å². The zero-order valence-electron chi connectivity index (χ0n) is 8.78. The maximum absolute atomic E-state index is 11.1. The van der Waals surface area contributed by atoms with Gasteiger partial charge in [-0.3, -0.25) is 0 Å². The van der Waals surface area contributed by atoms with Gasteiger partial charge < -0.3 is 14.6 Å². The Hall–Kier alpha value is -0.610. The molecule has 82 valence electrons. The molecule has 1 atom stereocenters. The predicted octanol–water partition coefficient (Wildman–Crippen LogP) is 0.870. The Balaban J connectivity index is 2.31. The Morgan fingerprint density at radius 1 is 1.50 bits per heavy atom. The molecule has 0 aliphatic heterocycles. The van der Waals surface area contributed by atoms with Crippen LogP contribution in [0.15, 0.2) is 0 Å². The SMILES string of the molecule is COC(=O)C(C)(O)COC1CCCC1. The molecule has 1 fully saturated rings. The van der Waals surface area contributed by atoms with Crippen LogP contribution in [-0.4, -0.2) is 36.5 Å². The number of carbonyl (C=O) groups excluding carboxylic acids is 1. The van der Waals surface area contributed by atoms with E-state index in [1.807, 2.05) is 0 Å². The van der Waals surface area contributed by atoms with Gasteiger partial charge in [0.25, 0.3) is 0 Å². The van der Waals surface area contributed by atoms with Gasteiger partial charge in [0, 0.05) is 0 Å². The number of hydrogen-bond acceptors (Lipinski definition) is 4. The van der Waals surface area contributed by atoms with Crippen LogP contribution in [0.1, 0.15) is 32.6 Å². The standard InChI is InChI=1S/C10H18O4/c1-10(12,9(11)13-2)7-14-8-5-3-4-6-8/h8,12H,3-7H2,1-2H3. The van der Waals surface area contributed by atoms with Crippen molar-refractivity contribution in [3.63, 3.8) is 0 Å². The van der Waals surface area contributed by atoms with Crippen molar-refractivity contribution in [2.24, 2.45) is 0 Å². The molecule has 1 N–H and O–H groups in total. The number of esters is 1. The summed E-state index contributed by atoms with van der Waals surface area (Å²) in [6, 6.07) is 0. The fourth-order valence-corrected chi connectivity index (χ4v) is 1.61. The third-order valence-electron chi connectivity index (χ3n) is 2.53. The summed E-state index contributed by atoms with van der Waals surface area (Å²) in [4.78, 5) is 11.1. The molecule has 0 spiro atoms. The van der Waals surface area contributed by atoms with Crippen molar-refractivity contribution in [3.8, 4) is 0 Å². The number of carbonyl (C=O) groups is 1. The molecule has 0 bridgehead atoms. The maximum atomic E-state index is 11.1. The molecule has 1 aliphatic rings. The van der Waals surface area contributed by atoms with E-state index in [2.05, 4.69) is 4.74 Å². The summed E-state index contributed by atoms with van der Waals surface area (Å²) in [5.41, 5.74) is -1.52. The highest BCUT2D eigenvalue weighted by Gasteiger charge is 2.33. The van der Waals surface area contributed by atoms with Gasteiger partial charge in [-0.25, -0.2) is 4.79 Å². The molecule has 0 aromatic heterocycles. The fourth-order valence-electron chi connectivity index (χ4n) is 1.61. The summed E-state index contributed by atoms with van der Waals surface area (Å²) in [6.45, 7) is 1.43. The van der Waals surface area contributed by atoms with E-state index < -0.39 is 11.6 Å². The zero-order valence-corrected chi connectivity index (χ0v) is 8.78. The predicted molar refractivity (Wildman–Crippen MR) is 50.8 cm³/mol. The Labute approximate surface area is 84.2 Å². The lowest BCUT2D eigenvalue weighted by Crippen LogP contribution is -2.41. The Morgan fingerprint density at radius 2 is 2.07 bits per heavy atom. The van der Waals surface area contributed by atoms with Gasteiger partial charge in [0.2, 0.25) is 0 Å². The lowest BCUT2D eigenvalue weighted by Gasteiger charge is -2.22. The highest BCUT2D eigenvalue weighted by Crippen LogP contribution is 2.22. The van der Waals surface area contributed by atoms with Crippen molar-refractivity contribution < 1.29 is 19.4 Å². The molecule has 0 saturated heterocycles. The van der Waals surface area contributed by atoms with E-state index in [0.29, 0.717) is 0 Å². The minimum Gasteiger partial charge on any atom is -0.467 e. The molecular formula is C10H18O4. The minimum atomic E-state index is -1.52. The molecule has 0 amide bonds. The van der Waals surface area contributed by atoms with Crippen LogP contribution >= 0.6 is 0 Å². The molecule has 0 aromatic rings. The van der Waals surface area contributed by atoms with Crippen LogP contribution in [0.4, 0.5) is 0 Å². The summed E-state index contributed by atoms with van der Waals surface area (Å²) in [5.74, 6) is -0.643. The van der Waals surface area contributed by atoms with Crippen LogP contribution in [0.2, 0.25) is 0 Å². The number of aliphatic hydroxyl groups is 1. The molecule has 4 heteroatoms. The lowest BCUT2D eigenvalue weighted by molar-refractivity contribution is -0.168. The van der Waals surface area contributed by atoms with Crippen molar-refractivity contribution in [2.45, 2.75) is 44.3 Å². The average Bonchev–Trinajstić information content (AvgIpc) is 2.66. The van der Waals surface area contributed by atoms with Gasteiger partial charge in [-0.05, 0) is 19.8 Å². The topological polar surface area (TPSA) is 55.8 Å². The summed E-state index contributed by atoms with van der Waals surface area (Å²) in [6.07, 6.45) is 4.59. The first-order valence-electron chi connectivity index (χ1n) is 4.98. The van der Waals surface area contributed by atoms with E-state index in [-0.39, 0.29) is 12.7 Å². The molecular weight excluding hydrogens is 184 g/mol. The monoisotopic (exact) mass is 202 g/mol. The van der Waals surface area contributed by atoms with Gasteiger partial charge in [-0.1, -0.05) is 12.8 Å². The second-order valence-corrected chi connectivity index (χ2v) is 3.98. The first-order valence-corrected chi connectivity index (χ1v) is 4.98. The minimum absolute atomic E-state index is 0.0182. The number of ether oxygens (including phenoxy) is 2. The normalized spacial score (nSPS) is 21.9. The molecule has 14 heavy (non-hydrogen) atoms. The van der Waals surface area contributed by atoms with Crippen LogP contribution < -0.4 is 0 Å². The summed E-state index contributed by atoms with van der Waals surface area (Å²) in [7, 11) is 1.26. The number of methoxy groups -OCH3 is 1. The van der Waals surface area contributed by atoms with Crippen molar-refractivity contribution in [1.82, 2.24) is 0 Å². The van der Waals surface area contributed by atoms with Crippen LogP contribution in [-0.2, 0) is 14.3 Å². The van der Waals surface area contributed by atoms with Crippen molar-refractivity contribution in [3.05, 3.63) is 0 Å². The quantitative estimate of drug-likeness (QED) is 0.687. The van der Waals surface area contributed by atoms with Crippen molar-refractivity contribution in [2.75, 3.05) is 13.7 Å². The molecule has 1 unspecified atom stereocenters. The molecule has 1 aliphatic carbocycles. The molecule has 0 heterocycles. The second-order valence-electron chi connectivity index (χ2n) is 3.98. The molecule has 0 radical (unpaired) electrons. The third kappa shape index (κ3) is 2.96. The van der Waals surface area contributed by atoms with E-state index in [1.54, 1.807) is 0 Å². The van der Waals surface area contributed by atoms with E-state index in [0.717, 1.165) is 12.8 Å². The summed E-state index contributed by atoms with van der Waals surface area (Å²) >= 11 is 0. The largest absolute Gasteiger partial charge is 0.467 e. The van der Waals surface area contributed by atoms with Gasteiger partial charge in [-0.15, -0.1) is 0 Å². The van der Waals surface area contributed by atoms with Crippen LogP contribution in [0.25, 0.3) is 0 Å². The Morgan fingerprint density at radius 3 is 2.57 bits per heavy atom. The van der Waals surface area contributed by atoms with E-state index in [1.165, 1.54) is 26.9 Å². The van der Waals surface area contributed by atoms with Crippen molar-refractivity contribution in [1.29, 1.82) is 0 Å². The summed E-state index contributed by atoms with van der Waals surface area (Å²) < 4.78 is 9.90. The van der Waals surface area contributed by atoms with Gasteiger partial charge in [0.15, 0.2) is 5.60 Å². The Kier molecular flexibility index (Phi) is 3.89. The zero-order chi connectivity index (χ0) is 10.6. The highest BCUT2D eigenvalue weighted by molar-refractivity contribution is 5.78. The first kappa shape index (κ1) is 11.5. The average molecular weight is 202 g/mol. The smallest absolute Gasteiger partial charge is 0.339 e. The summed E-state index contributed by atoms with van der Waals surface area (Å²) in [5, 5.41) is 9.64. The van der Waals surface area contributed by atoms with Crippen LogP contribution in [0, 0.1) is 0 Å². The van der Waals surface area contributed by atoms with Gasteiger partial charge in [-0.2, -0.15) is 0 Å². The van der Waals surface area contributed by atoms with Gasteiger partial charge in [0.05, 0.1) is 19.8 Å². The lowest BCUT2D eigenvalue weighted by atomic mass is 10.1. The van der Waals surface area contributed by atoms with Crippen molar-refractivity contribution >= 4 is 5.97 Å². The fraction of sp³-hybridized carbons (Fsp3) is 0.900. The molecule has 4 nitrogen and oxygen atoms in total. The first-order chi connectivity index (χ1) is 6.56. The Bertz CT molecular complexity index is 194. The third-order valence-corrected chi connectivity index (χ3v) is 2.53. The van der Waals surface area contributed by atoms with Gasteiger partial charge >= 0.3 is 5.97 Å².